The van der Waals surface area contributed by atoms with E-state index >= 15 is 0 Å². The number of nitrogens with one attached hydrogen (secondary N) is 1. The third kappa shape index (κ3) is 7.46. The number of anilines is 1. The first-order valence-corrected chi connectivity index (χ1v) is 15.1. The third-order valence-electron chi connectivity index (χ3n) is 8.64. The highest BCUT2D eigenvalue weighted by Gasteiger charge is 2.40. The van der Waals surface area contributed by atoms with Crippen LogP contribution in [-0.2, 0) is 4.79 Å². The van der Waals surface area contributed by atoms with Crippen molar-refractivity contribution in [1.82, 2.24) is 10.2 Å². The molecule has 2 aromatic carbocycles. The average Bonchev–Trinajstić information content (AvgIpc) is 3.43. The Bertz CT molecular complexity index is 1190. The zero-order chi connectivity index (χ0) is 29.1. The number of carbonyl (C=O) groups is 2. The van der Waals surface area contributed by atoms with Gasteiger partial charge in [-0.05, 0) is 108 Å². The van der Waals surface area contributed by atoms with Crippen molar-refractivity contribution in [2.75, 3.05) is 24.6 Å². The van der Waals surface area contributed by atoms with Gasteiger partial charge in [-0.25, -0.2) is 4.79 Å². The molecule has 41 heavy (non-hydrogen) atoms. The number of rotatable bonds is 10. The second-order valence-electron chi connectivity index (χ2n) is 13.0. The van der Waals surface area contributed by atoms with E-state index in [1.54, 1.807) is 0 Å². The van der Waals surface area contributed by atoms with Crippen molar-refractivity contribution in [1.29, 1.82) is 0 Å². The van der Waals surface area contributed by atoms with Crippen molar-refractivity contribution in [2.24, 2.45) is 11.8 Å². The molecular weight excluding hydrogens is 518 g/mol. The first-order valence-electron chi connectivity index (χ1n) is 15.1. The van der Waals surface area contributed by atoms with Crippen LogP contribution in [0.1, 0.15) is 77.8 Å². The highest BCUT2D eigenvalue weighted by atomic mass is 16.5. The summed E-state index contributed by atoms with van der Waals surface area (Å²) in [7, 11) is 0. The summed E-state index contributed by atoms with van der Waals surface area (Å²) in [5.41, 5.74) is 1.71. The maximum Gasteiger partial charge on any atom is 0.407 e. The van der Waals surface area contributed by atoms with Gasteiger partial charge in [0, 0.05) is 36.2 Å². The summed E-state index contributed by atoms with van der Waals surface area (Å²) in [6, 6.07) is 16.1. The zero-order valence-electron chi connectivity index (χ0n) is 24.8. The van der Waals surface area contributed by atoms with Crippen LogP contribution in [0.4, 0.5) is 10.5 Å². The summed E-state index contributed by atoms with van der Waals surface area (Å²) in [5, 5.41) is 12.9. The molecule has 2 aromatic rings. The van der Waals surface area contributed by atoms with Gasteiger partial charge in [-0.1, -0.05) is 12.1 Å². The minimum Gasteiger partial charge on any atom is -0.493 e. The molecule has 2 unspecified atom stereocenters. The lowest BCUT2D eigenvalue weighted by molar-refractivity contribution is -0.125. The van der Waals surface area contributed by atoms with Crippen molar-refractivity contribution in [3.63, 3.8) is 0 Å². The minimum absolute atomic E-state index is 0.00636. The van der Waals surface area contributed by atoms with Crippen LogP contribution in [0.15, 0.2) is 48.5 Å². The fourth-order valence-electron chi connectivity index (χ4n) is 6.17. The maximum absolute atomic E-state index is 13.0. The Balaban J connectivity index is 1.08. The van der Waals surface area contributed by atoms with E-state index in [2.05, 4.69) is 34.5 Å². The highest BCUT2D eigenvalue weighted by Crippen LogP contribution is 2.34. The molecule has 3 fully saturated rings. The lowest BCUT2D eigenvalue weighted by Crippen LogP contribution is -2.50. The molecule has 1 aliphatic heterocycles. The van der Waals surface area contributed by atoms with E-state index in [-0.39, 0.29) is 30.0 Å². The standard InChI is InChI=1S/C33H45N3O5/c1-22(34-31(37)25-7-10-27(19-25)36(32(38)39)33(2,3)4)24-8-13-29(14-9-24)41-30-17-18-35(20-30)26-11-15-28(16-12-26)40-21-23-5-6-23/h8-9,11-16,22-23,25,27,30H,5-7,10,17-21H2,1-4H3,(H,34,37)(H,38,39)/t22?,25-,27+,30?/m0/s1. The predicted molar refractivity (Wildman–Crippen MR) is 160 cm³/mol. The maximum atomic E-state index is 13.0. The van der Waals surface area contributed by atoms with Crippen LogP contribution < -0.4 is 19.7 Å². The van der Waals surface area contributed by atoms with Crippen LogP contribution in [0.25, 0.3) is 0 Å². The van der Waals surface area contributed by atoms with E-state index in [0.29, 0.717) is 19.3 Å². The van der Waals surface area contributed by atoms with Crippen molar-refractivity contribution in [3.05, 3.63) is 54.1 Å². The number of ether oxygens (including phenoxy) is 2. The van der Waals surface area contributed by atoms with E-state index in [1.165, 1.54) is 23.4 Å². The topological polar surface area (TPSA) is 91.3 Å². The lowest BCUT2D eigenvalue weighted by Gasteiger charge is -2.38. The van der Waals surface area contributed by atoms with Gasteiger partial charge in [-0.3, -0.25) is 4.79 Å². The van der Waals surface area contributed by atoms with Crippen LogP contribution in [0, 0.1) is 11.8 Å². The number of hydrogen-bond donors (Lipinski definition) is 2. The van der Waals surface area contributed by atoms with Crippen LogP contribution in [-0.4, -0.2) is 59.4 Å². The summed E-state index contributed by atoms with van der Waals surface area (Å²) >= 11 is 0. The Morgan fingerprint density at radius 2 is 1.68 bits per heavy atom. The molecule has 8 nitrogen and oxygen atoms in total. The second kappa shape index (κ2) is 12.2. The van der Waals surface area contributed by atoms with Crippen molar-refractivity contribution in [2.45, 2.75) is 89.9 Å². The van der Waals surface area contributed by atoms with Gasteiger partial charge < -0.3 is 29.7 Å². The molecule has 1 saturated heterocycles. The van der Waals surface area contributed by atoms with Crippen molar-refractivity contribution < 1.29 is 24.2 Å². The number of benzene rings is 2. The molecule has 8 heteroatoms. The zero-order valence-corrected chi connectivity index (χ0v) is 24.8. The first-order chi connectivity index (χ1) is 19.6. The summed E-state index contributed by atoms with van der Waals surface area (Å²) in [4.78, 5) is 28.7. The summed E-state index contributed by atoms with van der Waals surface area (Å²) in [6.45, 7) is 10.3. The van der Waals surface area contributed by atoms with Crippen LogP contribution in [0.2, 0.25) is 0 Å². The molecule has 2 N–H and O–H groups in total. The summed E-state index contributed by atoms with van der Waals surface area (Å²) in [5.74, 6) is 2.34. The fraction of sp³-hybridized carbons (Fsp3) is 0.576. The van der Waals surface area contributed by atoms with Crippen LogP contribution in [0.5, 0.6) is 11.5 Å². The number of hydrogen-bond acceptors (Lipinski definition) is 5. The molecule has 0 bridgehead atoms. The highest BCUT2D eigenvalue weighted by molar-refractivity contribution is 5.79. The predicted octanol–water partition coefficient (Wildman–Crippen LogP) is 6.26. The van der Waals surface area contributed by atoms with Gasteiger partial charge in [0.05, 0.1) is 19.2 Å². The van der Waals surface area contributed by atoms with Crippen molar-refractivity contribution >= 4 is 17.7 Å². The van der Waals surface area contributed by atoms with Gasteiger partial charge >= 0.3 is 6.09 Å². The first kappa shape index (κ1) is 29.1. The van der Waals surface area contributed by atoms with Crippen LogP contribution in [0.3, 0.4) is 0 Å². The number of nitrogens with zero attached hydrogens (tertiary/aromatic N) is 2. The van der Waals surface area contributed by atoms with Gasteiger partial charge in [0.25, 0.3) is 0 Å². The van der Waals surface area contributed by atoms with Crippen molar-refractivity contribution in [3.8, 4) is 11.5 Å². The Hall–Kier alpha value is -3.42. The quantitative estimate of drug-likeness (QED) is 0.355. The summed E-state index contributed by atoms with van der Waals surface area (Å²) < 4.78 is 12.2. The molecule has 0 radical (unpaired) electrons. The van der Waals surface area contributed by atoms with Gasteiger partial charge in [-0.15, -0.1) is 0 Å². The minimum atomic E-state index is -0.923. The molecule has 222 valence electrons. The summed E-state index contributed by atoms with van der Waals surface area (Å²) in [6.07, 6.45) is 4.72. The third-order valence-corrected chi connectivity index (χ3v) is 8.64. The molecule has 4 atom stereocenters. The SMILES string of the molecule is CC(NC(=O)[C@H]1CC[C@@H](N(C(=O)O)C(C)(C)C)C1)c1ccc(OC2CCN(c3ccc(OCC4CC4)cc3)C2)cc1. The monoisotopic (exact) mass is 563 g/mol. The lowest BCUT2D eigenvalue weighted by atomic mass is 10.0. The van der Waals surface area contributed by atoms with Crippen LogP contribution >= 0.6 is 0 Å². The molecule has 5 rings (SSSR count). The van der Waals surface area contributed by atoms with E-state index in [1.807, 2.05) is 52.0 Å². The molecule has 2 saturated carbocycles. The Morgan fingerprint density at radius 1 is 1.00 bits per heavy atom. The smallest absolute Gasteiger partial charge is 0.407 e. The van der Waals surface area contributed by atoms with E-state index in [9.17, 15) is 14.7 Å². The largest absolute Gasteiger partial charge is 0.493 e. The number of amides is 2. The van der Waals surface area contributed by atoms with Gasteiger partial charge in [0.1, 0.15) is 17.6 Å². The van der Waals surface area contributed by atoms with Gasteiger partial charge in [0.2, 0.25) is 5.91 Å². The molecule has 1 heterocycles. The average molecular weight is 564 g/mol. The number of carboxylic acid groups (broad SMARTS) is 1. The van der Waals surface area contributed by atoms with Gasteiger partial charge in [0.15, 0.2) is 0 Å². The fourth-order valence-corrected chi connectivity index (χ4v) is 6.17. The Labute approximate surface area is 244 Å². The molecule has 0 aromatic heterocycles. The Morgan fingerprint density at radius 3 is 2.32 bits per heavy atom. The molecular formula is C33H45N3O5. The molecule has 0 spiro atoms. The van der Waals surface area contributed by atoms with E-state index < -0.39 is 11.6 Å². The second-order valence-corrected chi connectivity index (χ2v) is 13.0. The number of carbonyl (C=O) groups excluding carboxylic acids is 1. The molecule has 2 amide bonds. The van der Waals surface area contributed by atoms with E-state index in [4.69, 9.17) is 9.47 Å². The normalized spacial score (nSPS) is 23.2. The molecule has 3 aliphatic rings. The van der Waals surface area contributed by atoms with E-state index in [0.717, 1.165) is 49.1 Å². The van der Waals surface area contributed by atoms with Gasteiger partial charge in [-0.2, -0.15) is 0 Å². The Kier molecular flexibility index (Phi) is 8.66. The molecule has 2 aliphatic carbocycles.